The molecule has 1 aliphatic heterocycles. The third kappa shape index (κ3) is 3.52. The Morgan fingerprint density at radius 3 is 2.85 bits per heavy atom. The van der Waals surface area contributed by atoms with Gasteiger partial charge in [0.25, 0.3) is 0 Å². The number of hydrogen-bond acceptors (Lipinski definition) is 3. The van der Waals surface area contributed by atoms with Crippen molar-refractivity contribution in [2.24, 2.45) is 0 Å². The molecule has 108 valence electrons. The van der Waals surface area contributed by atoms with Gasteiger partial charge in [0.15, 0.2) is 0 Å². The average molecular weight is 292 g/mol. The van der Waals surface area contributed by atoms with E-state index in [9.17, 15) is 5.26 Å². The molecule has 1 heterocycles. The molecule has 0 aromatic heterocycles. The van der Waals surface area contributed by atoms with Crippen LogP contribution in [0.5, 0.6) is 0 Å². The molecule has 1 aliphatic rings. The molecular weight excluding hydrogens is 270 g/mol. The van der Waals surface area contributed by atoms with Crippen LogP contribution in [0.1, 0.15) is 31.9 Å². The van der Waals surface area contributed by atoms with Crippen molar-refractivity contribution in [3.8, 4) is 6.07 Å². The van der Waals surface area contributed by atoms with Crippen LogP contribution in [-0.2, 0) is 0 Å². The molecule has 2 rings (SSSR count). The van der Waals surface area contributed by atoms with Gasteiger partial charge in [-0.2, -0.15) is 5.26 Å². The molecule has 1 aromatic carbocycles. The predicted molar refractivity (Wildman–Crippen MR) is 82.7 cm³/mol. The van der Waals surface area contributed by atoms with Crippen LogP contribution in [0, 0.1) is 11.3 Å². The summed E-state index contributed by atoms with van der Waals surface area (Å²) in [6, 6.07) is 10.4. The highest BCUT2D eigenvalue weighted by atomic mass is 35.5. The molecule has 0 bridgehead atoms. The van der Waals surface area contributed by atoms with Gasteiger partial charge in [-0.25, -0.2) is 0 Å². The molecule has 0 radical (unpaired) electrons. The molecule has 20 heavy (non-hydrogen) atoms. The fraction of sp³-hybridized carbons (Fsp3) is 0.562. The Morgan fingerprint density at radius 2 is 2.25 bits per heavy atom. The van der Waals surface area contributed by atoms with E-state index < -0.39 is 0 Å². The molecule has 1 aromatic rings. The first-order chi connectivity index (χ1) is 9.65. The van der Waals surface area contributed by atoms with E-state index in [-0.39, 0.29) is 6.04 Å². The Morgan fingerprint density at radius 1 is 1.45 bits per heavy atom. The minimum Gasteiger partial charge on any atom is -0.298 e. The molecule has 2 atom stereocenters. The van der Waals surface area contributed by atoms with Crippen LogP contribution in [0.3, 0.4) is 0 Å². The Hall–Kier alpha value is -1.08. The van der Waals surface area contributed by atoms with Crippen LogP contribution in [0.15, 0.2) is 24.3 Å². The molecule has 0 amide bonds. The lowest BCUT2D eigenvalue weighted by atomic mass is 10.0. The summed E-state index contributed by atoms with van der Waals surface area (Å²) in [6.45, 7) is 8.51. The molecule has 4 heteroatoms. The highest BCUT2D eigenvalue weighted by Gasteiger charge is 2.28. The van der Waals surface area contributed by atoms with Crippen molar-refractivity contribution >= 4 is 11.6 Å². The SMILES string of the molecule is CCCN1CCN(C(C#N)c2cccc(Cl)c2)CC1C. The van der Waals surface area contributed by atoms with Gasteiger partial charge in [-0.05, 0) is 37.6 Å². The monoisotopic (exact) mass is 291 g/mol. The van der Waals surface area contributed by atoms with E-state index in [0.717, 1.165) is 31.7 Å². The Labute approximate surface area is 126 Å². The lowest BCUT2D eigenvalue weighted by molar-refractivity contribution is 0.0690. The van der Waals surface area contributed by atoms with Gasteiger partial charge >= 0.3 is 0 Å². The molecular formula is C16H22ClN3. The van der Waals surface area contributed by atoms with Gasteiger partial charge in [0.05, 0.1) is 6.07 Å². The van der Waals surface area contributed by atoms with E-state index in [4.69, 9.17) is 11.6 Å². The first-order valence-corrected chi connectivity index (χ1v) is 7.66. The highest BCUT2D eigenvalue weighted by Crippen LogP contribution is 2.25. The standard InChI is InChI=1S/C16H22ClN3/c1-3-7-19-8-9-20(12-13(19)2)16(11-18)14-5-4-6-15(17)10-14/h4-6,10,13,16H,3,7-9,12H2,1-2H3. The summed E-state index contributed by atoms with van der Waals surface area (Å²) in [4.78, 5) is 4.77. The number of halogens is 1. The average Bonchev–Trinajstić information content (AvgIpc) is 2.43. The molecule has 0 saturated carbocycles. The summed E-state index contributed by atoms with van der Waals surface area (Å²) in [5, 5.41) is 10.2. The van der Waals surface area contributed by atoms with Gasteiger partial charge in [-0.15, -0.1) is 0 Å². The quantitative estimate of drug-likeness (QED) is 0.852. The number of rotatable bonds is 4. The fourth-order valence-electron chi connectivity index (χ4n) is 2.92. The third-order valence-electron chi connectivity index (χ3n) is 3.96. The minimum absolute atomic E-state index is 0.195. The van der Waals surface area contributed by atoms with Crippen LogP contribution < -0.4 is 0 Å². The summed E-state index contributed by atoms with van der Waals surface area (Å²) in [6.07, 6.45) is 1.18. The van der Waals surface area contributed by atoms with E-state index in [1.54, 1.807) is 0 Å². The molecule has 2 unspecified atom stereocenters. The summed E-state index contributed by atoms with van der Waals surface area (Å²) < 4.78 is 0. The van der Waals surface area contributed by atoms with Gasteiger partial charge in [0.1, 0.15) is 6.04 Å². The normalized spacial score (nSPS) is 22.4. The number of nitriles is 1. The fourth-order valence-corrected chi connectivity index (χ4v) is 3.12. The third-order valence-corrected chi connectivity index (χ3v) is 4.19. The number of hydrogen-bond donors (Lipinski definition) is 0. The van der Waals surface area contributed by atoms with Crippen LogP contribution in [0.2, 0.25) is 5.02 Å². The van der Waals surface area contributed by atoms with E-state index in [1.165, 1.54) is 6.42 Å². The summed E-state index contributed by atoms with van der Waals surface area (Å²) in [5.41, 5.74) is 0.996. The largest absolute Gasteiger partial charge is 0.298 e. The molecule has 0 aliphatic carbocycles. The zero-order chi connectivity index (χ0) is 14.5. The number of nitrogens with zero attached hydrogens (tertiary/aromatic N) is 3. The number of benzene rings is 1. The Kier molecular flexibility index (Phi) is 5.42. The van der Waals surface area contributed by atoms with E-state index in [0.29, 0.717) is 11.1 Å². The van der Waals surface area contributed by atoms with Crippen molar-refractivity contribution in [3.05, 3.63) is 34.9 Å². The number of piperazine rings is 1. The van der Waals surface area contributed by atoms with Gasteiger partial charge in [0.2, 0.25) is 0 Å². The van der Waals surface area contributed by atoms with Gasteiger partial charge < -0.3 is 0 Å². The maximum absolute atomic E-state index is 9.53. The van der Waals surface area contributed by atoms with Gasteiger partial charge in [-0.3, -0.25) is 9.80 Å². The first kappa shape index (κ1) is 15.3. The van der Waals surface area contributed by atoms with Crippen molar-refractivity contribution in [2.75, 3.05) is 26.2 Å². The molecule has 0 N–H and O–H groups in total. The zero-order valence-electron chi connectivity index (χ0n) is 12.2. The molecule has 3 nitrogen and oxygen atoms in total. The van der Waals surface area contributed by atoms with Gasteiger partial charge in [0, 0.05) is 30.7 Å². The van der Waals surface area contributed by atoms with Crippen molar-refractivity contribution in [3.63, 3.8) is 0 Å². The van der Waals surface area contributed by atoms with E-state index in [2.05, 4.69) is 29.7 Å². The Bertz CT molecular complexity index is 483. The van der Waals surface area contributed by atoms with E-state index >= 15 is 0 Å². The second-order valence-electron chi connectivity index (χ2n) is 5.47. The maximum Gasteiger partial charge on any atom is 0.124 e. The van der Waals surface area contributed by atoms with Crippen LogP contribution in [-0.4, -0.2) is 42.0 Å². The van der Waals surface area contributed by atoms with Gasteiger partial charge in [-0.1, -0.05) is 30.7 Å². The van der Waals surface area contributed by atoms with Crippen molar-refractivity contribution in [1.82, 2.24) is 9.80 Å². The first-order valence-electron chi connectivity index (χ1n) is 7.29. The van der Waals surface area contributed by atoms with Crippen LogP contribution in [0.4, 0.5) is 0 Å². The second-order valence-corrected chi connectivity index (χ2v) is 5.90. The maximum atomic E-state index is 9.53. The van der Waals surface area contributed by atoms with E-state index in [1.807, 2.05) is 24.3 Å². The molecule has 1 saturated heterocycles. The smallest absolute Gasteiger partial charge is 0.124 e. The van der Waals surface area contributed by atoms with Crippen molar-refractivity contribution in [2.45, 2.75) is 32.4 Å². The Balaban J connectivity index is 2.09. The zero-order valence-corrected chi connectivity index (χ0v) is 13.0. The summed E-state index contributed by atoms with van der Waals surface area (Å²) in [7, 11) is 0. The molecule has 1 fully saturated rings. The minimum atomic E-state index is -0.195. The lowest BCUT2D eigenvalue weighted by Gasteiger charge is -2.41. The van der Waals surface area contributed by atoms with Crippen LogP contribution >= 0.6 is 11.6 Å². The molecule has 0 spiro atoms. The summed E-state index contributed by atoms with van der Waals surface area (Å²) in [5.74, 6) is 0. The lowest BCUT2D eigenvalue weighted by Crippen LogP contribution is -2.52. The van der Waals surface area contributed by atoms with Crippen molar-refractivity contribution < 1.29 is 0 Å². The van der Waals surface area contributed by atoms with Crippen molar-refractivity contribution in [1.29, 1.82) is 5.26 Å². The summed E-state index contributed by atoms with van der Waals surface area (Å²) >= 11 is 6.04. The predicted octanol–water partition coefficient (Wildman–Crippen LogP) is 3.32. The second kappa shape index (κ2) is 7.08. The van der Waals surface area contributed by atoms with Crippen LogP contribution in [0.25, 0.3) is 0 Å². The highest BCUT2D eigenvalue weighted by molar-refractivity contribution is 6.30. The topological polar surface area (TPSA) is 30.3 Å².